The summed E-state index contributed by atoms with van der Waals surface area (Å²) in [7, 11) is 0. The van der Waals surface area contributed by atoms with Crippen LogP contribution >= 0.6 is 15.9 Å². The average molecular weight is 259 g/mol. The van der Waals surface area contributed by atoms with Crippen molar-refractivity contribution in [3.63, 3.8) is 0 Å². The van der Waals surface area contributed by atoms with Gasteiger partial charge < -0.3 is 10.4 Å². The van der Waals surface area contributed by atoms with Gasteiger partial charge in [0.25, 0.3) is 5.91 Å². The van der Waals surface area contributed by atoms with Crippen molar-refractivity contribution in [2.24, 2.45) is 0 Å². The van der Waals surface area contributed by atoms with Gasteiger partial charge in [-0.3, -0.25) is 4.79 Å². The molecule has 0 aromatic carbocycles. The maximum absolute atomic E-state index is 11.5. The number of hydrogen-bond acceptors (Lipinski definition) is 3. The average Bonchev–Trinajstić information content (AvgIpc) is 2.17. The van der Waals surface area contributed by atoms with Crippen LogP contribution in [-0.2, 0) is 0 Å². The molecule has 1 amide bonds. The van der Waals surface area contributed by atoms with E-state index in [9.17, 15) is 4.79 Å². The molecule has 1 heterocycles. The van der Waals surface area contributed by atoms with Gasteiger partial charge in [0.1, 0.15) is 4.60 Å². The van der Waals surface area contributed by atoms with Gasteiger partial charge in [-0.2, -0.15) is 0 Å². The van der Waals surface area contributed by atoms with Gasteiger partial charge in [0.2, 0.25) is 0 Å². The first-order valence-corrected chi connectivity index (χ1v) is 4.96. The lowest BCUT2D eigenvalue weighted by Crippen LogP contribution is -2.34. The van der Waals surface area contributed by atoms with E-state index in [0.29, 0.717) is 10.2 Å². The van der Waals surface area contributed by atoms with Crippen LogP contribution in [-0.4, -0.2) is 28.6 Å². The van der Waals surface area contributed by atoms with Gasteiger partial charge >= 0.3 is 0 Å². The molecule has 0 aliphatic heterocycles. The second-order valence-electron chi connectivity index (χ2n) is 2.92. The van der Waals surface area contributed by atoms with Crippen molar-refractivity contribution in [3.8, 4) is 0 Å². The number of nitrogens with zero attached hydrogens (tertiary/aromatic N) is 1. The van der Waals surface area contributed by atoms with E-state index in [-0.39, 0.29) is 18.6 Å². The third-order valence-corrected chi connectivity index (χ3v) is 2.07. The number of carbonyl (C=O) groups is 1. The number of pyridine rings is 1. The van der Waals surface area contributed by atoms with Crippen LogP contribution in [0.1, 0.15) is 17.3 Å². The monoisotopic (exact) mass is 258 g/mol. The summed E-state index contributed by atoms with van der Waals surface area (Å²) in [5, 5.41) is 11.4. The number of aliphatic hydroxyl groups is 1. The normalized spacial score (nSPS) is 12.2. The molecule has 0 radical (unpaired) electrons. The quantitative estimate of drug-likeness (QED) is 0.794. The number of amides is 1. The summed E-state index contributed by atoms with van der Waals surface area (Å²) in [6.45, 7) is 1.66. The largest absolute Gasteiger partial charge is 0.394 e. The molecule has 5 heteroatoms. The summed E-state index contributed by atoms with van der Waals surface area (Å²) in [5.74, 6) is -0.213. The summed E-state index contributed by atoms with van der Waals surface area (Å²) < 4.78 is 0.613. The maximum Gasteiger partial charge on any atom is 0.251 e. The Kier molecular flexibility index (Phi) is 4.03. The number of aromatic nitrogens is 1. The van der Waals surface area contributed by atoms with Crippen LogP contribution in [0.25, 0.3) is 0 Å². The van der Waals surface area contributed by atoms with E-state index >= 15 is 0 Å². The Morgan fingerprint density at radius 3 is 3.07 bits per heavy atom. The van der Waals surface area contributed by atoms with Crippen molar-refractivity contribution in [2.75, 3.05) is 6.61 Å². The Hall–Kier alpha value is -0.940. The molecule has 0 aliphatic rings. The fourth-order valence-corrected chi connectivity index (χ4v) is 1.26. The smallest absolute Gasteiger partial charge is 0.251 e. The van der Waals surface area contributed by atoms with E-state index in [2.05, 4.69) is 26.2 Å². The van der Waals surface area contributed by atoms with Gasteiger partial charge in [0, 0.05) is 17.8 Å². The van der Waals surface area contributed by atoms with Gasteiger partial charge in [-0.1, -0.05) is 0 Å². The Bertz CT molecular complexity index is 330. The topological polar surface area (TPSA) is 62.2 Å². The van der Waals surface area contributed by atoms with Crippen LogP contribution < -0.4 is 5.32 Å². The fourth-order valence-electron chi connectivity index (χ4n) is 0.896. The number of hydrogen-bond donors (Lipinski definition) is 2. The molecule has 1 rings (SSSR count). The lowest BCUT2D eigenvalue weighted by Gasteiger charge is -2.10. The first-order chi connectivity index (χ1) is 6.63. The highest BCUT2D eigenvalue weighted by molar-refractivity contribution is 9.10. The van der Waals surface area contributed by atoms with Crippen LogP contribution in [0.5, 0.6) is 0 Å². The Morgan fingerprint density at radius 2 is 2.50 bits per heavy atom. The molecule has 0 spiro atoms. The first kappa shape index (κ1) is 11.1. The lowest BCUT2D eigenvalue weighted by atomic mass is 10.2. The van der Waals surface area contributed by atoms with Gasteiger partial charge in [0.15, 0.2) is 0 Å². The van der Waals surface area contributed by atoms with E-state index in [0.717, 1.165) is 0 Å². The molecule has 76 valence electrons. The molecular weight excluding hydrogens is 248 g/mol. The molecule has 0 bridgehead atoms. The minimum absolute atomic E-state index is 0.0714. The number of rotatable bonds is 3. The zero-order chi connectivity index (χ0) is 10.6. The third-order valence-electron chi connectivity index (χ3n) is 1.64. The van der Waals surface area contributed by atoms with Gasteiger partial charge in [-0.05, 0) is 35.0 Å². The summed E-state index contributed by atoms with van der Waals surface area (Å²) in [4.78, 5) is 15.4. The highest BCUT2D eigenvalue weighted by Crippen LogP contribution is 2.07. The SMILES string of the molecule is CC(CO)NC(=O)c1ccnc(Br)c1. The van der Waals surface area contributed by atoms with Crippen molar-refractivity contribution < 1.29 is 9.90 Å². The van der Waals surface area contributed by atoms with Crippen molar-refractivity contribution in [1.29, 1.82) is 0 Å². The highest BCUT2D eigenvalue weighted by Gasteiger charge is 2.08. The molecule has 2 N–H and O–H groups in total. The summed E-state index contributed by atoms with van der Waals surface area (Å²) in [5.41, 5.74) is 0.521. The van der Waals surface area contributed by atoms with E-state index in [4.69, 9.17) is 5.11 Å². The molecule has 1 aromatic heterocycles. The van der Waals surface area contributed by atoms with E-state index in [1.54, 1.807) is 25.3 Å². The first-order valence-electron chi connectivity index (χ1n) is 4.16. The van der Waals surface area contributed by atoms with Gasteiger partial charge in [-0.15, -0.1) is 0 Å². The molecule has 0 saturated heterocycles. The van der Waals surface area contributed by atoms with Crippen LogP contribution in [0, 0.1) is 0 Å². The third kappa shape index (κ3) is 3.08. The summed E-state index contributed by atoms with van der Waals surface area (Å²) in [6, 6.07) is 3.00. The zero-order valence-corrected chi connectivity index (χ0v) is 9.28. The predicted octanol–water partition coefficient (Wildman–Crippen LogP) is 0.955. The molecular formula is C9H11BrN2O2. The molecule has 0 aliphatic carbocycles. The molecule has 0 fully saturated rings. The van der Waals surface area contributed by atoms with Gasteiger partial charge in [0.05, 0.1) is 6.61 Å². The van der Waals surface area contributed by atoms with Crippen molar-refractivity contribution in [3.05, 3.63) is 28.5 Å². The van der Waals surface area contributed by atoms with E-state index < -0.39 is 0 Å². The molecule has 4 nitrogen and oxygen atoms in total. The minimum Gasteiger partial charge on any atom is -0.394 e. The summed E-state index contributed by atoms with van der Waals surface area (Å²) in [6.07, 6.45) is 1.54. The second-order valence-corrected chi connectivity index (χ2v) is 3.74. The van der Waals surface area contributed by atoms with E-state index in [1.165, 1.54) is 0 Å². The van der Waals surface area contributed by atoms with Crippen LogP contribution in [0.2, 0.25) is 0 Å². The summed E-state index contributed by atoms with van der Waals surface area (Å²) >= 11 is 3.17. The molecule has 1 atom stereocenters. The van der Waals surface area contributed by atoms with Crippen LogP contribution in [0.3, 0.4) is 0 Å². The van der Waals surface area contributed by atoms with Crippen LogP contribution in [0.4, 0.5) is 0 Å². The Balaban J connectivity index is 2.70. The second kappa shape index (κ2) is 5.07. The molecule has 0 saturated carbocycles. The number of halogens is 1. The highest BCUT2D eigenvalue weighted by atomic mass is 79.9. The molecule has 1 aromatic rings. The van der Waals surface area contributed by atoms with Crippen molar-refractivity contribution >= 4 is 21.8 Å². The van der Waals surface area contributed by atoms with Crippen molar-refractivity contribution in [1.82, 2.24) is 10.3 Å². The fraction of sp³-hybridized carbons (Fsp3) is 0.333. The molecule has 1 unspecified atom stereocenters. The Labute approximate surface area is 90.5 Å². The van der Waals surface area contributed by atoms with Crippen LogP contribution in [0.15, 0.2) is 22.9 Å². The minimum atomic E-state index is -0.241. The van der Waals surface area contributed by atoms with Gasteiger partial charge in [-0.25, -0.2) is 4.98 Å². The molecule has 14 heavy (non-hydrogen) atoms. The maximum atomic E-state index is 11.5. The standard InChI is InChI=1S/C9H11BrN2O2/c1-6(5-13)12-9(14)7-2-3-11-8(10)4-7/h2-4,6,13H,5H2,1H3,(H,12,14). The predicted molar refractivity (Wildman–Crippen MR) is 56.0 cm³/mol. The van der Waals surface area contributed by atoms with E-state index in [1.807, 2.05) is 0 Å². The van der Waals surface area contributed by atoms with Crippen molar-refractivity contribution in [2.45, 2.75) is 13.0 Å². The Morgan fingerprint density at radius 1 is 1.79 bits per heavy atom. The number of nitrogens with one attached hydrogen (secondary N) is 1. The number of carbonyl (C=O) groups excluding carboxylic acids is 1. The lowest BCUT2D eigenvalue weighted by molar-refractivity contribution is 0.0922. The zero-order valence-electron chi connectivity index (χ0n) is 7.70. The number of aliphatic hydroxyl groups excluding tert-OH is 1.